The van der Waals surface area contributed by atoms with Crippen LogP contribution in [0.1, 0.15) is 15.9 Å². The SMILES string of the molecule is O=Cc1ccc(OCc2ccccc2)c(-c2ccc3c(c2)OCCO3)c1. The molecule has 0 unspecified atom stereocenters. The van der Waals surface area contributed by atoms with E-state index in [4.69, 9.17) is 14.2 Å². The van der Waals surface area contributed by atoms with Crippen molar-refractivity contribution >= 4 is 6.29 Å². The highest BCUT2D eigenvalue weighted by Gasteiger charge is 2.15. The molecule has 3 aromatic rings. The molecule has 0 bridgehead atoms. The lowest BCUT2D eigenvalue weighted by Crippen LogP contribution is -2.15. The van der Waals surface area contributed by atoms with E-state index in [9.17, 15) is 4.79 Å². The molecule has 4 rings (SSSR count). The van der Waals surface area contributed by atoms with Crippen molar-refractivity contribution in [3.05, 3.63) is 77.9 Å². The van der Waals surface area contributed by atoms with Crippen LogP contribution in [0, 0.1) is 0 Å². The molecular weight excluding hydrogens is 328 g/mol. The summed E-state index contributed by atoms with van der Waals surface area (Å²) in [5.74, 6) is 2.16. The quantitative estimate of drug-likeness (QED) is 0.637. The van der Waals surface area contributed by atoms with Crippen molar-refractivity contribution in [1.82, 2.24) is 0 Å². The Morgan fingerprint density at radius 3 is 2.50 bits per heavy atom. The van der Waals surface area contributed by atoms with Gasteiger partial charge in [-0.05, 0) is 41.5 Å². The van der Waals surface area contributed by atoms with Crippen LogP contribution in [0.25, 0.3) is 11.1 Å². The van der Waals surface area contributed by atoms with Crippen LogP contribution in [-0.2, 0) is 6.61 Å². The largest absolute Gasteiger partial charge is 0.488 e. The number of hydrogen-bond donors (Lipinski definition) is 0. The maximum atomic E-state index is 11.2. The molecule has 1 heterocycles. The maximum absolute atomic E-state index is 11.2. The van der Waals surface area contributed by atoms with Gasteiger partial charge in [-0.1, -0.05) is 36.4 Å². The standard InChI is InChI=1S/C22H18O4/c23-14-17-6-8-20(26-15-16-4-2-1-3-5-16)19(12-17)18-7-9-21-22(13-18)25-11-10-24-21/h1-9,12-14H,10-11,15H2. The molecule has 1 aliphatic rings. The fraction of sp³-hybridized carbons (Fsp3) is 0.136. The molecule has 0 saturated heterocycles. The third-order valence-electron chi connectivity index (χ3n) is 4.23. The van der Waals surface area contributed by atoms with Crippen molar-refractivity contribution in [3.63, 3.8) is 0 Å². The van der Waals surface area contributed by atoms with Crippen molar-refractivity contribution < 1.29 is 19.0 Å². The van der Waals surface area contributed by atoms with Gasteiger partial charge in [0.25, 0.3) is 0 Å². The highest BCUT2D eigenvalue weighted by atomic mass is 16.6. The minimum Gasteiger partial charge on any atom is -0.488 e. The van der Waals surface area contributed by atoms with Gasteiger partial charge in [-0.15, -0.1) is 0 Å². The van der Waals surface area contributed by atoms with Crippen LogP contribution >= 0.6 is 0 Å². The summed E-state index contributed by atoms with van der Waals surface area (Å²) in [6.07, 6.45) is 0.836. The Balaban J connectivity index is 1.68. The Bertz CT molecular complexity index is 919. The zero-order chi connectivity index (χ0) is 17.8. The number of carbonyl (C=O) groups is 1. The zero-order valence-corrected chi connectivity index (χ0v) is 14.2. The van der Waals surface area contributed by atoms with Gasteiger partial charge in [-0.2, -0.15) is 0 Å². The Morgan fingerprint density at radius 1 is 0.885 bits per heavy atom. The van der Waals surface area contributed by atoms with E-state index in [1.807, 2.05) is 60.7 Å². The molecule has 0 aliphatic carbocycles. The number of benzene rings is 3. The van der Waals surface area contributed by atoms with Gasteiger partial charge in [-0.3, -0.25) is 4.79 Å². The van der Waals surface area contributed by atoms with Crippen LogP contribution in [0.2, 0.25) is 0 Å². The summed E-state index contributed by atoms with van der Waals surface area (Å²) in [5.41, 5.74) is 3.45. The summed E-state index contributed by atoms with van der Waals surface area (Å²) in [6.45, 7) is 1.54. The molecule has 1 aliphatic heterocycles. The summed E-state index contributed by atoms with van der Waals surface area (Å²) >= 11 is 0. The number of ether oxygens (including phenoxy) is 3. The summed E-state index contributed by atoms with van der Waals surface area (Å²) in [7, 11) is 0. The molecule has 0 amide bonds. The zero-order valence-electron chi connectivity index (χ0n) is 14.2. The van der Waals surface area contributed by atoms with Gasteiger partial charge in [-0.25, -0.2) is 0 Å². The molecule has 0 aromatic heterocycles. The van der Waals surface area contributed by atoms with E-state index in [-0.39, 0.29) is 0 Å². The smallest absolute Gasteiger partial charge is 0.161 e. The van der Waals surface area contributed by atoms with E-state index in [2.05, 4.69) is 0 Å². The predicted molar refractivity (Wildman–Crippen MR) is 99.0 cm³/mol. The van der Waals surface area contributed by atoms with Gasteiger partial charge in [0.2, 0.25) is 0 Å². The molecule has 26 heavy (non-hydrogen) atoms. The van der Waals surface area contributed by atoms with Crippen LogP contribution in [0.15, 0.2) is 66.7 Å². The molecule has 0 spiro atoms. The van der Waals surface area contributed by atoms with Crippen molar-refractivity contribution in [3.8, 4) is 28.4 Å². The fourth-order valence-corrected chi connectivity index (χ4v) is 2.92. The highest BCUT2D eigenvalue weighted by molar-refractivity contribution is 5.82. The van der Waals surface area contributed by atoms with Crippen molar-refractivity contribution in [1.29, 1.82) is 0 Å². The third kappa shape index (κ3) is 3.40. The lowest BCUT2D eigenvalue weighted by Gasteiger charge is -2.19. The second-order valence-corrected chi connectivity index (χ2v) is 6.01. The summed E-state index contributed by atoms with van der Waals surface area (Å²) in [6, 6.07) is 21.2. The fourth-order valence-electron chi connectivity index (χ4n) is 2.92. The molecule has 0 radical (unpaired) electrons. The van der Waals surface area contributed by atoms with Gasteiger partial charge in [0.1, 0.15) is 31.9 Å². The van der Waals surface area contributed by atoms with Crippen LogP contribution < -0.4 is 14.2 Å². The number of hydrogen-bond acceptors (Lipinski definition) is 4. The molecule has 0 saturated carbocycles. The van der Waals surface area contributed by atoms with E-state index in [1.54, 1.807) is 6.07 Å². The molecule has 0 N–H and O–H groups in total. The highest BCUT2D eigenvalue weighted by Crippen LogP contribution is 2.38. The second-order valence-electron chi connectivity index (χ2n) is 6.01. The Morgan fingerprint density at radius 2 is 1.69 bits per heavy atom. The lowest BCUT2D eigenvalue weighted by atomic mass is 10.0. The number of carbonyl (C=O) groups excluding carboxylic acids is 1. The average Bonchev–Trinajstić information content (AvgIpc) is 2.72. The lowest BCUT2D eigenvalue weighted by molar-refractivity contribution is 0.112. The van der Waals surface area contributed by atoms with Crippen LogP contribution in [0.5, 0.6) is 17.2 Å². The number of fused-ring (bicyclic) bond motifs is 1. The van der Waals surface area contributed by atoms with E-state index < -0.39 is 0 Å². The van der Waals surface area contributed by atoms with Crippen molar-refractivity contribution in [2.24, 2.45) is 0 Å². The van der Waals surface area contributed by atoms with E-state index in [0.29, 0.717) is 31.1 Å². The molecule has 0 atom stereocenters. The topological polar surface area (TPSA) is 44.8 Å². The third-order valence-corrected chi connectivity index (χ3v) is 4.23. The molecule has 4 nitrogen and oxygen atoms in total. The van der Waals surface area contributed by atoms with E-state index in [1.165, 1.54) is 0 Å². The number of rotatable bonds is 5. The van der Waals surface area contributed by atoms with E-state index in [0.717, 1.165) is 34.5 Å². The summed E-state index contributed by atoms with van der Waals surface area (Å²) in [4.78, 5) is 11.2. The van der Waals surface area contributed by atoms with E-state index >= 15 is 0 Å². The average molecular weight is 346 g/mol. The molecular formula is C22H18O4. The normalized spacial score (nSPS) is 12.5. The first-order valence-electron chi connectivity index (χ1n) is 8.49. The Hall–Kier alpha value is -3.27. The Kier molecular flexibility index (Phi) is 4.56. The first-order valence-corrected chi connectivity index (χ1v) is 8.49. The van der Waals surface area contributed by atoms with Gasteiger partial charge >= 0.3 is 0 Å². The molecule has 4 heteroatoms. The monoisotopic (exact) mass is 346 g/mol. The first kappa shape index (κ1) is 16.2. The van der Waals surface area contributed by atoms with Gasteiger partial charge in [0.15, 0.2) is 11.5 Å². The molecule has 130 valence electrons. The number of aldehydes is 1. The predicted octanol–water partition coefficient (Wildman–Crippen LogP) is 4.52. The van der Waals surface area contributed by atoms with Crippen molar-refractivity contribution in [2.75, 3.05) is 13.2 Å². The molecule has 3 aromatic carbocycles. The molecule has 0 fully saturated rings. The van der Waals surface area contributed by atoms with Gasteiger partial charge < -0.3 is 14.2 Å². The second kappa shape index (κ2) is 7.31. The van der Waals surface area contributed by atoms with Gasteiger partial charge in [0, 0.05) is 11.1 Å². The minimum absolute atomic E-state index is 0.457. The minimum atomic E-state index is 0.457. The van der Waals surface area contributed by atoms with Crippen molar-refractivity contribution in [2.45, 2.75) is 6.61 Å². The Labute approximate surface area is 152 Å². The first-order chi connectivity index (χ1) is 12.8. The van der Waals surface area contributed by atoms with Crippen LogP contribution in [0.3, 0.4) is 0 Å². The van der Waals surface area contributed by atoms with Crippen LogP contribution in [-0.4, -0.2) is 19.5 Å². The van der Waals surface area contributed by atoms with Crippen LogP contribution in [0.4, 0.5) is 0 Å². The van der Waals surface area contributed by atoms with Gasteiger partial charge in [0.05, 0.1) is 0 Å². The maximum Gasteiger partial charge on any atom is 0.161 e. The summed E-state index contributed by atoms with van der Waals surface area (Å²) < 4.78 is 17.3. The summed E-state index contributed by atoms with van der Waals surface area (Å²) in [5, 5.41) is 0.